The minimum Gasteiger partial charge on any atom is -0.310 e. The normalized spacial score (nSPS) is 39.9. The van der Waals surface area contributed by atoms with Crippen LogP contribution in [0.15, 0.2) is 5.10 Å². The summed E-state index contributed by atoms with van der Waals surface area (Å²) in [6.07, 6.45) is 0. The van der Waals surface area contributed by atoms with Crippen LogP contribution in [0.25, 0.3) is 0 Å². The van der Waals surface area contributed by atoms with Crippen molar-refractivity contribution >= 4 is 5.71 Å². The zero-order chi connectivity index (χ0) is 6.32. The minimum atomic E-state index is 0.333. The molecular formula is C6H11N3. The Morgan fingerprint density at radius 3 is 3.22 bits per heavy atom. The summed E-state index contributed by atoms with van der Waals surface area (Å²) in [5, 5.41) is 7.47. The summed E-state index contributed by atoms with van der Waals surface area (Å²) < 4.78 is 0. The standard InChI is InChI=1S/C6H11N3/c1-6-3-7-2-5(6)9-8-4-6/h7-8H,2-4H2,1H3. The highest BCUT2D eigenvalue weighted by atomic mass is 15.3. The molecule has 0 bridgehead atoms. The van der Waals surface area contributed by atoms with Crippen LogP contribution in [0.5, 0.6) is 0 Å². The molecule has 2 heterocycles. The van der Waals surface area contributed by atoms with Crippen molar-refractivity contribution in [3.05, 3.63) is 0 Å². The van der Waals surface area contributed by atoms with Gasteiger partial charge in [0, 0.05) is 25.0 Å². The Kier molecular flexibility index (Phi) is 0.858. The number of hydrazone groups is 1. The Bertz CT molecular complexity index is 164. The maximum absolute atomic E-state index is 4.17. The van der Waals surface area contributed by atoms with Crippen molar-refractivity contribution in [1.82, 2.24) is 10.7 Å². The Morgan fingerprint density at radius 2 is 2.44 bits per heavy atom. The topological polar surface area (TPSA) is 36.4 Å². The van der Waals surface area contributed by atoms with Gasteiger partial charge < -0.3 is 10.7 Å². The molecule has 2 aliphatic rings. The lowest BCUT2D eigenvalue weighted by Crippen LogP contribution is -2.29. The second-order valence-corrected chi connectivity index (χ2v) is 3.06. The molecule has 1 saturated heterocycles. The number of nitrogens with zero attached hydrogens (tertiary/aromatic N) is 1. The van der Waals surface area contributed by atoms with Gasteiger partial charge in [-0.1, -0.05) is 6.92 Å². The molecule has 0 aromatic carbocycles. The molecule has 3 nitrogen and oxygen atoms in total. The van der Waals surface area contributed by atoms with E-state index in [1.165, 1.54) is 5.71 Å². The van der Waals surface area contributed by atoms with Crippen LogP contribution in [-0.2, 0) is 0 Å². The van der Waals surface area contributed by atoms with E-state index in [4.69, 9.17) is 0 Å². The number of hydrogen-bond donors (Lipinski definition) is 2. The molecule has 0 saturated carbocycles. The number of nitrogens with one attached hydrogen (secondary N) is 2. The predicted molar refractivity (Wildman–Crippen MR) is 36.4 cm³/mol. The lowest BCUT2D eigenvalue weighted by molar-refractivity contribution is 0.478. The molecule has 50 valence electrons. The second kappa shape index (κ2) is 1.48. The average molecular weight is 125 g/mol. The van der Waals surface area contributed by atoms with E-state index < -0.39 is 0 Å². The summed E-state index contributed by atoms with van der Waals surface area (Å²) in [6.45, 7) is 5.31. The Balaban J connectivity index is 2.31. The van der Waals surface area contributed by atoms with Crippen LogP contribution in [0.4, 0.5) is 0 Å². The SMILES string of the molecule is CC12CNCC1=NNC2. The number of hydrogen-bond acceptors (Lipinski definition) is 3. The van der Waals surface area contributed by atoms with Gasteiger partial charge in [-0.2, -0.15) is 5.10 Å². The Hall–Kier alpha value is -0.570. The van der Waals surface area contributed by atoms with Gasteiger partial charge in [0.1, 0.15) is 0 Å². The molecule has 0 aromatic heterocycles. The Labute approximate surface area is 54.5 Å². The summed E-state index contributed by atoms with van der Waals surface area (Å²) in [7, 11) is 0. The van der Waals surface area contributed by atoms with Crippen LogP contribution >= 0.6 is 0 Å². The van der Waals surface area contributed by atoms with Crippen LogP contribution in [0, 0.1) is 5.41 Å². The molecule has 3 heteroatoms. The van der Waals surface area contributed by atoms with Crippen molar-refractivity contribution in [3.63, 3.8) is 0 Å². The average Bonchev–Trinajstić information content (AvgIpc) is 2.22. The largest absolute Gasteiger partial charge is 0.310 e. The molecule has 9 heavy (non-hydrogen) atoms. The molecule has 2 aliphatic heterocycles. The van der Waals surface area contributed by atoms with Crippen molar-refractivity contribution in [2.24, 2.45) is 10.5 Å². The van der Waals surface area contributed by atoms with Gasteiger partial charge in [-0.15, -0.1) is 0 Å². The summed E-state index contributed by atoms with van der Waals surface area (Å²) in [6, 6.07) is 0. The van der Waals surface area contributed by atoms with E-state index in [9.17, 15) is 0 Å². The third-order valence-corrected chi connectivity index (χ3v) is 2.19. The molecule has 2 N–H and O–H groups in total. The van der Waals surface area contributed by atoms with E-state index in [-0.39, 0.29) is 0 Å². The first kappa shape index (κ1) is 5.23. The fourth-order valence-corrected chi connectivity index (χ4v) is 1.42. The third-order valence-electron chi connectivity index (χ3n) is 2.19. The van der Waals surface area contributed by atoms with Gasteiger partial charge in [0.15, 0.2) is 0 Å². The molecule has 0 radical (unpaired) electrons. The van der Waals surface area contributed by atoms with E-state index in [2.05, 4.69) is 22.8 Å². The van der Waals surface area contributed by atoms with Crippen molar-refractivity contribution in [1.29, 1.82) is 0 Å². The molecular weight excluding hydrogens is 114 g/mol. The van der Waals surface area contributed by atoms with Gasteiger partial charge in [0.25, 0.3) is 0 Å². The lowest BCUT2D eigenvalue weighted by Gasteiger charge is -2.14. The zero-order valence-corrected chi connectivity index (χ0v) is 5.57. The van der Waals surface area contributed by atoms with Gasteiger partial charge in [0.05, 0.1) is 5.71 Å². The maximum Gasteiger partial charge on any atom is 0.0605 e. The van der Waals surface area contributed by atoms with Gasteiger partial charge in [-0.25, -0.2) is 0 Å². The highest BCUT2D eigenvalue weighted by Gasteiger charge is 2.38. The molecule has 0 aliphatic carbocycles. The van der Waals surface area contributed by atoms with E-state index in [0.29, 0.717) is 5.41 Å². The molecule has 1 fully saturated rings. The summed E-state index contributed by atoms with van der Waals surface area (Å²) in [4.78, 5) is 0. The zero-order valence-electron chi connectivity index (χ0n) is 5.57. The van der Waals surface area contributed by atoms with Crippen LogP contribution < -0.4 is 10.7 Å². The first-order valence-electron chi connectivity index (χ1n) is 3.32. The van der Waals surface area contributed by atoms with Crippen LogP contribution in [0.1, 0.15) is 6.92 Å². The second-order valence-electron chi connectivity index (χ2n) is 3.06. The van der Waals surface area contributed by atoms with Crippen molar-refractivity contribution < 1.29 is 0 Å². The van der Waals surface area contributed by atoms with Gasteiger partial charge >= 0.3 is 0 Å². The van der Waals surface area contributed by atoms with Crippen molar-refractivity contribution in [2.75, 3.05) is 19.6 Å². The number of rotatable bonds is 0. The van der Waals surface area contributed by atoms with Gasteiger partial charge in [-0.05, 0) is 0 Å². The maximum atomic E-state index is 4.17. The van der Waals surface area contributed by atoms with E-state index in [1.807, 2.05) is 0 Å². The first-order chi connectivity index (χ1) is 4.31. The highest BCUT2D eigenvalue weighted by Crippen LogP contribution is 2.24. The van der Waals surface area contributed by atoms with E-state index in [0.717, 1.165) is 19.6 Å². The summed E-state index contributed by atoms with van der Waals surface area (Å²) >= 11 is 0. The summed E-state index contributed by atoms with van der Waals surface area (Å²) in [5.74, 6) is 0. The monoisotopic (exact) mass is 125 g/mol. The molecule has 2 rings (SSSR count). The van der Waals surface area contributed by atoms with E-state index >= 15 is 0 Å². The van der Waals surface area contributed by atoms with Crippen molar-refractivity contribution in [2.45, 2.75) is 6.92 Å². The van der Waals surface area contributed by atoms with Crippen LogP contribution in [-0.4, -0.2) is 25.3 Å². The predicted octanol–water partition coefficient (Wildman–Crippen LogP) is -0.445. The molecule has 0 spiro atoms. The highest BCUT2D eigenvalue weighted by molar-refractivity contribution is 5.95. The van der Waals surface area contributed by atoms with Crippen LogP contribution in [0.2, 0.25) is 0 Å². The number of fused-ring (bicyclic) bond motifs is 1. The molecule has 1 unspecified atom stereocenters. The first-order valence-corrected chi connectivity index (χ1v) is 3.32. The van der Waals surface area contributed by atoms with Crippen molar-refractivity contribution in [3.8, 4) is 0 Å². The lowest BCUT2D eigenvalue weighted by atomic mass is 9.89. The van der Waals surface area contributed by atoms with Gasteiger partial charge in [-0.3, -0.25) is 0 Å². The summed E-state index contributed by atoms with van der Waals surface area (Å²) in [5.41, 5.74) is 4.64. The fraction of sp³-hybridized carbons (Fsp3) is 0.833. The fourth-order valence-electron chi connectivity index (χ4n) is 1.42. The quantitative estimate of drug-likeness (QED) is 0.460. The Morgan fingerprint density at radius 1 is 1.56 bits per heavy atom. The minimum absolute atomic E-state index is 0.333. The molecule has 0 amide bonds. The smallest absolute Gasteiger partial charge is 0.0605 e. The van der Waals surface area contributed by atoms with Crippen LogP contribution in [0.3, 0.4) is 0 Å². The molecule has 1 atom stereocenters. The van der Waals surface area contributed by atoms with E-state index in [1.54, 1.807) is 0 Å². The van der Waals surface area contributed by atoms with Gasteiger partial charge in [0.2, 0.25) is 0 Å². The third kappa shape index (κ3) is 0.580. The molecule has 0 aromatic rings.